The predicted molar refractivity (Wildman–Crippen MR) is 89.6 cm³/mol. The van der Waals surface area contributed by atoms with Crippen molar-refractivity contribution in [1.82, 2.24) is 0 Å². The maximum absolute atomic E-state index is 12.0. The van der Waals surface area contributed by atoms with Crippen LogP contribution in [0.1, 0.15) is 33.3 Å². The van der Waals surface area contributed by atoms with E-state index >= 15 is 0 Å². The van der Waals surface area contributed by atoms with Crippen LogP contribution in [-0.4, -0.2) is 41.5 Å². The van der Waals surface area contributed by atoms with Crippen LogP contribution in [0.2, 0.25) is 0 Å². The molecule has 1 saturated heterocycles. The van der Waals surface area contributed by atoms with E-state index in [2.05, 4.69) is 0 Å². The zero-order valence-electron chi connectivity index (χ0n) is 14.9. The molecule has 0 aromatic heterocycles. The summed E-state index contributed by atoms with van der Waals surface area (Å²) in [5, 5.41) is 8.96. The lowest BCUT2D eigenvalue weighted by Crippen LogP contribution is -2.41. The van der Waals surface area contributed by atoms with Gasteiger partial charge in [0.25, 0.3) is 5.79 Å². The molecule has 1 aliphatic heterocycles. The molecule has 0 saturated carbocycles. The third-order valence-electron chi connectivity index (χ3n) is 3.35. The molecule has 140 valence electrons. The Kier molecular flexibility index (Phi) is 5.54. The Morgan fingerprint density at radius 3 is 2.38 bits per heavy atom. The van der Waals surface area contributed by atoms with E-state index in [0.717, 1.165) is 0 Å². The molecule has 1 N–H and O–H groups in total. The number of esters is 2. The molecule has 0 radical (unpaired) electrons. The molecule has 0 spiro atoms. The second kappa shape index (κ2) is 7.47. The summed E-state index contributed by atoms with van der Waals surface area (Å²) in [5.41, 5.74) is 0.215. The molecular formula is C18H20O8. The highest BCUT2D eigenvalue weighted by molar-refractivity contribution is 6.18. The lowest BCUT2D eigenvalue weighted by atomic mass is 10.1. The van der Waals surface area contributed by atoms with Crippen molar-refractivity contribution in [2.45, 2.75) is 39.6 Å². The fourth-order valence-corrected chi connectivity index (χ4v) is 2.17. The summed E-state index contributed by atoms with van der Waals surface area (Å²) in [7, 11) is 0. The third-order valence-corrected chi connectivity index (χ3v) is 3.35. The van der Waals surface area contributed by atoms with Crippen LogP contribution >= 0.6 is 0 Å². The number of benzene rings is 1. The molecule has 8 heteroatoms. The fourth-order valence-electron chi connectivity index (χ4n) is 2.17. The van der Waals surface area contributed by atoms with E-state index < -0.39 is 29.8 Å². The molecule has 1 heterocycles. The Balaban J connectivity index is 2.33. The summed E-state index contributed by atoms with van der Waals surface area (Å²) in [6, 6.07) is 4.58. The van der Waals surface area contributed by atoms with Crippen molar-refractivity contribution in [3.05, 3.63) is 29.3 Å². The number of carbonyl (C=O) groups excluding carboxylic acids is 2. The number of cyclic esters (lactones) is 2. The SMILES string of the molecule is CCOc1cc(C=C2C(=O)OC(C)(C)OC2=O)ccc1OC(C)C(=O)O. The average molecular weight is 364 g/mol. The molecular weight excluding hydrogens is 344 g/mol. The van der Waals surface area contributed by atoms with Crippen LogP contribution in [0, 0.1) is 0 Å². The van der Waals surface area contributed by atoms with Crippen molar-refractivity contribution in [3.8, 4) is 11.5 Å². The molecule has 1 unspecified atom stereocenters. The zero-order chi connectivity index (χ0) is 19.5. The number of rotatable bonds is 6. The number of aliphatic carboxylic acids is 1. The van der Waals surface area contributed by atoms with Gasteiger partial charge >= 0.3 is 17.9 Å². The summed E-state index contributed by atoms with van der Waals surface area (Å²) in [6.07, 6.45) is 0.247. The Bertz CT molecular complexity index is 740. The molecule has 26 heavy (non-hydrogen) atoms. The summed E-state index contributed by atoms with van der Waals surface area (Å²) in [4.78, 5) is 35.0. The number of carboxylic acid groups (broad SMARTS) is 1. The van der Waals surface area contributed by atoms with Crippen LogP contribution in [0.3, 0.4) is 0 Å². The normalized spacial score (nSPS) is 17.0. The molecule has 1 aromatic carbocycles. The fraction of sp³-hybridized carbons (Fsp3) is 0.389. The van der Waals surface area contributed by atoms with Crippen molar-refractivity contribution in [1.29, 1.82) is 0 Å². The van der Waals surface area contributed by atoms with Gasteiger partial charge in [0, 0.05) is 13.8 Å². The van der Waals surface area contributed by atoms with Crippen LogP contribution in [-0.2, 0) is 23.9 Å². The third kappa shape index (κ3) is 4.53. The quantitative estimate of drug-likeness (QED) is 0.465. The van der Waals surface area contributed by atoms with Crippen LogP contribution in [0.25, 0.3) is 6.08 Å². The maximum atomic E-state index is 12.0. The first-order chi connectivity index (χ1) is 12.1. The Labute approximate surface area is 150 Å². The van der Waals surface area contributed by atoms with Gasteiger partial charge in [-0.1, -0.05) is 6.07 Å². The highest BCUT2D eigenvalue weighted by atomic mass is 16.7. The molecule has 1 atom stereocenters. The van der Waals surface area contributed by atoms with E-state index in [9.17, 15) is 14.4 Å². The molecule has 8 nitrogen and oxygen atoms in total. The van der Waals surface area contributed by atoms with Gasteiger partial charge in [-0.05, 0) is 37.6 Å². The van der Waals surface area contributed by atoms with Gasteiger partial charge in [-0.15, -0.1) is 0 Å². The second-order valence-corrected chi connectivity index (χ2v) is 5.97. The van der Waals surface area contributed by atoms with Crippen LogP contribution in [0.4, 0.5) is 0 Å². The first-order valence-corrected chi connectivity index (χ1v) is 7.97. The van der Waals surface area contributed by atoms with Crippen molar-refractivity contribution >= 4 is 24.0 Å². The average Bonchev–Trinajstić information content (AvgIpc) is 2.52. The van der Waals surface area contributed by atoms with Gasteiger partial charge in [-0.2, -0.15) is 0 Å². The minimum atomic E-state index is -1.31. The molecule has 2 rings (SSSR count). The summed E-state index contributed by atoms with van der Waals surface area (Å²) < 4.78 is 20.9. The Hall–Kier alpha value is -3.03. The van der Waals surface area contributed by atoms with E-state index in [1.807, 2.05) is 0 Å². The van der Waals surface area contributed by atoms with E-state index in [0.29, 0.717) is 12.2 Å². The number of hydrogen-bond donors (Lipinski definition) is 1. The van der Waals surface area contributed by atoms with Gasteiger partial charge in [0.15, 0.2) is 17.6 Å². The highest BCUT2D eigenvalue weighted by Crippen LogP contribution is 2.31. The van der Waals surface area contributed by atoms with Gasteiger partial charge in [0.05, 0.1) is 6.61 Å². The zero-order valence-corrected chi connectivity index (χ0v) is 14.9. The van der Waals surface area contributed by atoms with Crippen molar-refractivity contribution in [3.63, 3.8) is 0 Å². The van der Waals surface area contributed by atoms with E-state index in [1.165, 1.54) is 39.0 Å². The molecule has 0 bridgehead atoms. The van der Waals surface area contributed by atoms with E-state index in [4.69, 9.17) is 24.1 Å². The topological polar surface area (TPSA) is 108 Å². The first kappa shape index (κ1) is 19.3. The Morgan fingerprint density at radius 1 is 1.23 bits per heavy atom. The smallest absolute Gasteiger partial charge is 0.348 e. The largest absolute Gasteiger partial charge is 0.490 e. The second-order valence-electron chi connectivity index (χ2n) is 5.97. The highest BCUT2D eigenvalue weighted by Gasteiger charge is 2.38. The van der Waals surface area contributed by atoms with Gasteiger partial charge in [0.2, 0.25) is 0 Å². The van der Waals surface area contributed by atoms with Crippen LogP contribution < -0.4 is 9.47 Å². The summed E-state index contributed by atoms with van der Waals surface area (Å²) >= 11 is 0. The van der Waals surface area contributed by atoms with Gasteiger partial charge < -0.3 is 24.1 Å². The van der Waals surface area contributed by atoms with Crippen LogP contribution in [0.15, 0.2) is 23.8 Å². The number of carbonyl (C=O) groups is 3. The number of hydrogen-bond acceptors (Lipinski definition) is 7. The van der Waals surface area contributed by atoms with Gasteiger partial charge in [-0.25, -0.2) is 14.4 Å². The molecule has 1 aliphatic rings. The van der Waals surface area contributed by atoms with E-state index in [1.54, 1.807) is 13.0 Å². The molecule has 1 aromatic rings. The number of ether oxygens (including phenoxy) is 4. The van der Waals surface area contributed by atoms with E-state index in [-0.39, 0.29) is 17.1 Å². The summed E-state index contributed by atoms with van der Waals surface area (Å²) in [5.74, 6) is -3.49. The predicted octanol–water partition coefficient (Wildman–Crippen LogP) is 2.16. The molecule has 0 amide bonds. The minimum absolute atomic E-state index is 0.235. The lowest BCUT2D eigenvalue weighted by molar-refractivity contribution is -0.222. The number of carboxylic acids is 1. The summed E-state index contributed by atoms with van der Waals surface area (Å²) in [6.45, 7) is 6.39. The van der Waals surface area contributed by atoms with Gasteiger partial charge in [-0.3, -0.25) is 0 Å². The monoisotopic (exact) mass is 364 g/mol. The molecule has 0 aliphatic carbocycles. The van der Waals surface area contributed by atoms with Crippen molar-refractivity contribution in [2.75, 3.05) is 6.61 Å². The van der Waals surface area contributed by atoms with Crippen molar-refractivity contribution in [2.24, 2.45) is 0 Å². The van der Waals surface area contributed by atoms with Gasteiger partial charge in [0.1, 0.15) is 5.57 Å². The lowest BCUT2D eigenvalue weighted by Gasteiger charge is -2.29. The molecule has 1 fully saturated rings. The maximum Gasteiger partial charge on any atom is 0.348 e. The standard InChI is InChI=1S/C18H20O8/c1-5-23-14-9-11(6-7-13(14)24-10(2)15(19)20)8-12-16(21)25-18(3,4)26-17(12)22/h6-10H,5H2,1-4H3,(H,19,20). The Morgan fingerprint density at radius 2 is 1.85 bits per heavy atom. The van der Waals surface area contributed by atoms with Crippen LogP contribution in [0.5, 0.6) is 11.5 Å². The van der Waals surface area contributed by atoms with Crippen molar-refractivity contribution < 1.29 is 38.4 Å². The minimum Gasteiger partial charge on any atom is -0.490 e. The first-order valence-electron chi connectivity index (χ1n) is 7.97.